The quantitative estimate of drug-likeness (QED) is 0.806. The Morgan fingerprint density at radius 1 is 1.04 bits per heavy atom. The van der Waals surface area contributed by atoms with Crippen LogP contribution in [-0.4, -0.2) is 18.5 Å². The number of benzene rings is 2. The Bertz CT molecular complexity index is 657. The first-order valence-corrected chi connectivity index (χ1v) is 8.17. The molecule has 0 saturated carbocycles. The molecule has 1 saturated heterocycles. The number of rotatable bonds is 4. The maximum absolute atomic E-state index is 12.4. The van der Waals surface area contributed by atoms with Crippen LogP contribution in [0, 0.1) is 5.92 Å². The van der Waals surface area contributed by atoms with Gasteiger partial charge in [-0.15, -0.1) is 0 Å². The molecule has 4 heteroatoms. The summed E-state index contributed by atoms with van der Waals surface area (Å²) < 4.78 is 0. The standard InChI is InChI=1S/C19H23N3O/c1-14-12-15(10-11-20-14)19(23)22-18-9-5-8-17(13-18)21-16-6-3-2-4-7-16/h2-9,13-15,20-21H,10-12H2,1H3,(H,22,23)/t14-,15-/m0/s1. The first kappa shape index (κ1) is 15.6. The van der Waals surface area contributed by atoms with Crippen LogP contribution in [-0.2, 0) is 4.79 Å². The van der Waals surface area contributed by atoms with Gasteiger partial charge in [-0.05, 0) is 56.6 Å². The minimum absolute atomic E-state index is 0.0944. The van der Waals surface area contributed by atoms with Crippen molar-refractivity contribution < 1.29 is 4.79 Å². The zero-order chi connectivity index (χ0) is 16.1. The molecule has 2 aromatic rings. The van der Waals surface area contributed by atoms with Crippen molar-refractivity contribution in [3.8, 4) is 0 Å². The van der Waals surface area contributed by atoms with Crippen molar-refractivity contribution in [1.82, 2.24) is 5.32 Å². The molecule has 4 nitrogen and oxygen atoms in total. The Kier molecular flexibility index (Phi) is 4.93. The molecule has 3 rings (SSSR count). The molecule has 0 radical (unpaired) electrons. The van der Waals surface area contributed by atoms with Crippen LogP contribution >= 0.6 is 0 Å². The fourth-order valence-corrected chi connectivity index (χ4v) is 2.98. The normalized spacial score (nSPS) is 20.7. The van der Waals surface area contributed by atoms with Crippen molar-refractivity contribution in [2.24, 2.45) is 5.92 Å². The van der Waals surface area contributed by atoms with Gasteiger partial charge >= 0.3 is 0 Å². The number of hydrogen-bond donors (Lipinski definition) is 3. The predicted octanol–water partition coefficient (Wildman–Crippen LogP) is 3.76. The Labute approximate surface area is 137 Å². The van der Waals surface area contributed by atoms with E-state index in [1.54, 1.807) is 0 Å². The number of para-hydroxylation sites is 1. The number of carbonyl (C=O) groups is 1. The van der Waals surface area contributed by atoms with Crippen LogP contribution < -0.4 is 16.0 Å². The smallest absolute Gasteiger partial charge is 0.227 e. The van der Waals surface area contributed by atoms with Crippen molar-refractivity contribution >= 4 is 23.0 Å². The molecular weight excluding hydrogens is 286 g/mol. The number of anilines is 3. The molecule has 2 atom stereocenters. The van der Waals surface area contributed by atoms with Crippen molar-refractivity contribution in [2.75, 3.05) is 17.2 Å². The highest BCUT2D eigenvalue weighted by Crippen LogP contribution is 2.22. The van der Waals surface area contributed by atoms with E-state index in [0.717, 1.165) is 36.4 Å². The summed E-state index contributed by atoms with van der Waals surface area (Å²) in [4.78, 5) is 12.4. The SMILES string of the molecule is C[C@H]1C[C@@H](C(=O)Nc2cccc(Nc3ccccc3)c2)CCN1. The van der Waals surface area contributed by atoms with Gasteiger partial charge < -0.3 is 16.0 Å². The van der Waals surface area contributed by atoms with Gasteiger partial charge in [-0.25, -0.2) is 0 Å². The third kappa shape index (κ3) is 4.33. The minimum Gasteiger partial charge on any atom is -0.355 e. The number of nitrogens with one attached hydrogen (secondary N) is 3. The molecule has 0 spiro atoms. The van der Waals surface area contributed by atoms with Gasteiger partial charge in [0.15, 0.2) is 0 Å². The molecule has 120 valence electrons. The van der Waals surface area contributed by atoms with E-state index in [1.165, 1.54) is 0 Å². The van der Waals surface area contributed by atoms with Crippen molar-refractivity contribution in [3.63, 3.8) is 0 Å². The predicted molar refractivity (Wildman–Crippen MR) is 95.0 cm³/mol. The molecule has 0 bridgehead atoms. The summed E-state index contributed by atoms with van der Waals surface area (Å²) in [6.45, 7) is 3.04. The average molecular weight is 309 g/mol. The van der Waals surface area contributed by atoms with Crippen molar-refractivity contribution in [2.45, 2.75) is 25.8 Å². The summed E-state index contributed by atoms with van der Waals surface area (Å²) in [7, 11) is 0. The zero-order valence-corrected chi connectivity index (χ0v) is 13.4. The van der Waals surface area contributed by atoms with Crippen LogP contribution in [0.1, 0.15) is 19.8 Å². The van der Waals surface area contributed by atoms with Gasteiger partial charge in [-0.1, -0.05) is 24.3 Å². The lowest BCUT2D eigenvalue weighted by Crippen LogP contribution is -2.40. The number of piperidine rings is 1. The second-order valence-electron chi connectivity index (χ2n) is 6.14. The van der Waals surface area contributed by atoms with Crippen LogP contribution in [0.5, 0.6) is 0 Å². The number of amides is 1. The van der Waals surface area contributed by atoms with E-state index >= 15 is 0 Å². The van der Waals surface area contributed by atoms with Crippen LogP contribution in [0.2, 0.25) is 0 Å². The van der Waals surface area contributed by atoms with Crippen LogP contribution in [0.3, 0.4) is 0 Å². The van der Waals surface area contributed by atoms with Crippen LogP contribution in [0.15, 0.2) is 54.6 Å². The molecule has 3 N–H and O–H groups in total. The summed E-state index contributed by atoms with van der Waals surface area (Å²) in [6.07, 6.45) is 1.80. The summed E-state index contributed by atoms with van der Waals surface area (Å²) in [5, 5.41) is 9.77. The molecule has 1 heterocycles. The third-order valence-corrected chi connectivity index (χ3v) is 4.19. The summed E-state index contributed by atoms with van der Waals surface area (Å²) in [5.41, 5.74) is 2.83. The van der Waals surface area contributed by atoms with Crippen molar-refractivity contribution in [1.29, 1.82) is 0 Å². The highest BCUT2D eigenvalue weighted by atomic mass is 16.1. The van der Waals surface area contributed by atoms with Gasteiger partial charge in [-0.3, -0.25) is 4.79 Å². The molecule has 1 amide bonds. The Morgan fingerprint density at radius 3 is 2.57 bits per heavy atom. The van der Waals surface area contributed by atoms with Gasteiger partial charge in [0.1, 0.15) is 0 Å². The van der Waals surface area contributed by atoms with E-state index in [9.17, 15) is 4.79 Å². The Hall–Kier alpha value is -2.33. The largest absolute Gasteiger partial charge is 0.355 e. The number of hydrogen-bond acceptors (Lipinski definition) is 3. The van der Waals surface area contributed by atoms with Gasteiger partial charge in [0.2, 0.25) is 5.91 Å². The monoisotopic (exact) mass is 309 g/mol. The van der Waals surface area contributed by atoms with E-state index in [4.69, 9.17) is 0 Å². The first-order valence-electron chi connectivity index (χ1n) is 8.17. The van der Waals surface area contributed by atoms with Crippen molar-refractivity contribution in [3.05, 3.63) is 54.6 Å². The average Bonchev–Trinajstić information content (AvgIpc) is 2.56. The second-order valence-corrected chi connectivity index (χ2v) is 6.14. The Morgan fingerprint density at radius 2 is 1.78 bits per heavy atom. The lowest BCUT2D eigenvalue weighted by atomic mass is 9.92. The molecule has 0 aliphatic carbocycles. The van der Waals surface area contributed by atoms with E-state index in [0.29, 0.717) is 6.04 Å². The molecule has 2 aromatic carbocycles. The maximum Gasteiger partial charge on any atom is 0.227 e. The van der Waals surface area contributed by atoms with E-state index in [-0.39, 0.29) is 11.8 Å². The van der Waals surface area contributed by atoms with Gasteiger partial charge in [0.25, 0.3) is 0 Å². The van der Waals surface area contributed by atoms with Gasteiger partial charge in [0, 0.05) is 29.0 Å². The highest BCUT2D eigenvalue weighted by molar-refractivity contribution is 5.93. The molecule has 0 unspecified atom stereocenters. The lowest BCUT2D eigenvalue weighted by Gasteiger charge is -2.27. The molecule has 23 heavy (non-hydrogen) atoms. The van der Waals surface area contributed by atoms with Crippen LogP contribution in [0.4, 0.5) is 17.1 Å². The summed E-state index contributed by atoms with van der Waals surface area (Å²) in [6, 6.07) is 18.3. The summed E-state index contributed by atoms with van der Waals surface area (Å²) >= 11 is 0. The molecule has 1 fully saturated rings. The maximum atomic E-state index is 12.4. The van der Waals surface area contributed by atoms with E-state index in [1.807, 2.05) is 54.6 Å². The fourth-order valence-electron chi connectivity index (χ4n) is 2.98. The lowest BCUT2D eigenvalue weighted by molar-refractivity contribution is -0.120. The molecule has 1 aliphatic rings. The summed E-state index contributed by atoms with van der Waals surface area (Å²) in [5.74, 6) is 0.215. The third-order valence-electron chi connectivity index (χ3n) is 4.19. The van der Waals surface area contributed by atoms with Gasteiger partial charge in [0.05, 0.1) is 0 Å². The first-order chi connectivity index (χ1) is 11.2. The molecular formula is C19H23N3O. The molecule has 0 aromatic heterocycles. The minimum atomic E-state index is 0.0944. The second kappa shape index (κ2) is 7.29. The zero-order valence-electron chi connectivity index (χ0n) is 13.4. The Balaban J connectivity index is 1.64. The van der Waals surface area contributed by atoms with Gasteiger partial charge in [-0.2, -0.15) is 0 Å². The van der Waals surface area contributed by atoms with Crippen LogP contribution in [0.25, 0.3) is 0 Å². The number of carbonyl (C=O) groups excluding carboxylic acids is 1. The molecule has 1 aliphatic heterocycles. The fraction of sp³-hybridized carbons (Fsp3) is 0.316. The highest BCUT2D eigenvalue weighted by Gasteiger charge is 2.24. The van der Waals surface area contributed by atoms with E-state index < -0.39 is 0 Å². The van der Waals surface area contributed by atoms with E-state index in [2.05, 4.69) is 22.9 Å². The topological polar surface area (TPSA) is 53.2 Å².